The average Bonchev–Trinajstić information content (AvgIpc) is 3.35. The van der Waals surface area contributed by atoms with Gasteiger partial charge < -0.3 is 0 Å². The van der Waals surface area contributed by atoms with Crippen LogP contribution in [-0.2, 0) is 13.5 Å². The van der Waals surface area contributed by atoms with Crippen LogP contribution in [0.15, 0.2) is 27.8 Å². The molecule has 3 rings (SSSR count). The normalized spacial score (nSPS) is 14.0. The van der Waals surface area contributed by atoms with Crippen LogP contribution in [0.4, 0.5) is 0 Å². The van der Waals surface area contributed by atoms with Crippen LogP contribution >= 0.6 is 0 Å². The Kier molecular flexibility index (Phi) is 4.03. The predicted octanol–water partition coefficient (Wildman–Crippen LogP) is 2.29. The zero-order valence-corrected chi connectivity index (χ0v) is 14.5. The Morgan fingerprint density at radius 2 is 1.71 bits per heavy atom. The van der Waals surface area contributed by atoms with Crippen molar-refractivity contribution < 1.29 is 4.79 Å². The fourth-order valence-corrected chi connectivity index (χ4v) is 3.27. The summed E-state index contributed by atoms with van der Waals surface area (Å²) in [6.07, 6.45) is 2.16. The average molecular weight is 326 g/mol. The standard InChI is InChI=1S/C19H22N2O3/c1-5-15-16(17(22)13-9-11(2)8-12(3)10-13)21(14-6-7-14)19(24)20(4)18(15)23/h8-10,14H,5-7H2,1-4H3. The molecule has 1 aromatic carbocycles. The van der Waals surface area contributed by atoms with E-state index in [0.717, 1.165) is 28.5 Å². The van der Waals surface area contributed by atoms with E-state index in [4.69, 9.17) is 0 Å². The van der Waals surface area contributed by atoms with Crippen LogP contribution in [0.25, 0.3) is 0 Å². The Balaban J connectivity index is 2.32. The molecule has 0 amide bonds. The number of hydrogen-bond acceptors (Lipinski definition) is 3. The lowest BCUT2D eigenvalue weighted by atomic mass is 9.99. The van der Waals surface area contributed by atoms with Crippen molar-refractivity contribution in [2.24, 2.45) is 7.05 Å². The molecule has 0 radical (unpaired) electrons. The summed E-state index contributed by atoms with van der Waals surface area (Å²) in [7, 11) is 1.48. The van der Waals surface area contributed by atoms with Crippen LogP contribution in [-0.4, -0.2) is 14.9 Å². The second kappa shape index (κ2) is 5.89. The van der Waals surface area contributed by atoms with Crippen molar-refractivity contribution in [3.05, 3.63) is 67.0 Å². The van der Waals surface area contributed by atoms with Gasteiger partial charge in [-0.15, -0.1) is 0 Å². The van der Waals surface area contributed by atoms with Crippen molar-refractivity contribution >= 4 is 5.78 Å². The molecule has 0 saturated heterocycles. The van der Waals surface area contributed by atoms with Gasteiger partial charge in [0.2, 0.25) is 5.78 Å². The summed E-state index contributed by atoms with van der Waals surface area (Å²) < 4.78 is 2.66. The summed E-state index contributed by atoms with van der Waals surface area (Å²) in [5.74, 6) is -0.236. The van der Waals surface area contributed by atoms with E-state index in [0.29, 0.717) is 17.5 Å². The van der Waals surface area contributed by atoms with Gasteiger partial charge in [0.25, 0.3) is 5.56 Å². The van der Waals surface area contributed by atoms with Gasteiger partial charge in [-0.2, -0.15) is 0 Å². The molecule has 0 bridgehead atoms. The molecule has 0 atom stereocenters. The molecule has 1 fully saturated rings. The molecule has 1 aliphatic rings. The van der Waals surface area contributed by atoms with Crippen molar-refractivity contribution in [3.63, 3.8) is 0 Å². The summed E-state index contributed by atoms with van der Waals surface area (Å²) in [6, 6.07) is 5.65. The number of carbonyl (C=O) groups excluding carboxylic acids is 1. The van der Waals surface area contributed by atoms with Crippen LogP contribution in [0, 0.1) is 13.8 Å². The minimum atomic E-state index is -0.396. The molecular weight excluding hydrogens is 304 g/mol. The van der Waals surface area contributed by atoms with Crippen molar-refractivity contribution in [2.45, 2.75) is 46.1 Å². The molecule has 5 heteroatoms. The van der Waals surface area contributed by atoms with Gasteiger partial charge in [-0.3, -0.25) is 18.7 Å². The van der Waals surface area contributed by atoms with Gasteiger partial charge in [0.1, 0.15) is 5.69 Å². The first-order valence-corrected chi connectivity index (χ1v) is 8.32. The van der Waals surface area contributed by atoms with Crippen molar-refractivity contribution in [2.75, 3.05) is 0 Å². The molecule has 2 aromatic rings. The molecular formula is C19H22N2O3. The molecule has 0 N–H and O–H groups in total. The van der Waals surface area contributed by atoms with Gasteiger partial charge in [0, 0.05) is 24.2 Å². The van der Waals surface area contributed by atoms with E-state index in [2.05, 4.69) is 0 Å². The van der Waals surface area contributed by atoms with Crippen LogP contribution < -0.4 is 11.2 Å². The lowest BCUT2D eigenvalue weighted by Gasteiger charge is -2.17. The van der Waals surface area contributed by atoms with E-state index in [1.54, 1.807) is 4.57 Å². The molecule has 0 unspecified atom stereocenters. The number of nitrogens with zero attached hydrogens (tertiary/aromatic N) is 2. The highest BCUT2D eigenvalue weighted by Gasteiger charge is 2.32. The Morgan fingerprint density at radius 1 is 1.12 bits per heavy atom. The molecule has 1 aliphatic carbocycles. The maximum absolute atomic E-state index is 13.2. The lowest BCUT2D eigenvalue weighted by molar-refractivity contribution is 0.102. The van der Waals surface area contributed by atoms with Crippen molar-refractivity contribution in [1.82, 2.24) is 9.13 Å². The highest BCUT2D eigenvalue weighted by atomic mass is 16.2. The molecule has 5 nitrogen and oxygen atoms in total. The molecule has 1 aromatic heterocycles. The predicted molar refractivity (Wildman–Crippen MR) is 92.9 cm³/mol. The topological polar surface area (TPSA) is 61.1 Å². The zero-order chi connectivity index (χ0) is 17.6. The number of ketones is 1. The third-order valence-electron chi connectivity index (χ3n) is 4.55. The second-order valence-electron chi connectivity index (χ2n) is 6.63. The summed E-state index contributed by atoms with van der Waals surface area (Å²) in [5.41, 5.74) is 2.44. The Labute approximate surface area is 140 Å². The fourth-order valence-electron chi connectivity index (χ4n) is 3.27. The summed E-state index contributed by atoms with van der Waals surface area (Å²) in [6.45, 7) is 5.71. The quantitative estimate of drug-likeness (QED) is 0.810. The Hall–Kier alpha value is -2.43. The van der Waals surface area contributed by atoms with E-state index in [-0.39, 0.29) is 23.1 Å². The van der Waals surface area contributed by atoms with Crippen molar-refractivity contribution in [3.8, 4) is 0 Å². The lowest BCUT2D eigenvalue weighted by Crippen LogP contribution is -2.43. The highest BCUT2D eigenvalue weighted by molar-refractivity contribution is 6.09. The van der Waals surface area contributed by atoms with E-state index in [9.17, 15) is 14.4 Å². The van der Waals surface area contributed by atoms with E-state index in [1.807, 2.05) is 39.0 Å². The van der Waals surface area contributed by atoms with E-state index >= 15 is 0 Å². The van der Waals surface area contributed by atoms with Gasteiger partial charge in [-0.05, 0) is 45.2 Å². The van der Waals surface area contributed by atoms with Gasteiger partial charge in [-0.1, -0.05) is 24.1 Å². The Morgan fingerprint density at radius 3 is 2.21 bits per heavy atom. The number of carbonyl (C=O) groups is 1. The van der Waals surface area contributed by atoms with Gasteiger partial charge in [0.15, 0.2) is 0 Å². The van der Waals surface area contributed by atoms with Gasteiger partial charge in [0.05, 0.1) is 0 Å². The monoisotopic (exact) mass is 326 g/mol. The van der Waals surface area contributed by atoms with Crippen LogP contribution in [0.3, 0.4) is 0 Å². The molecule has 1 saturated carbocycles. The minimum absolute atomic E-state index is 0.0273. The first kappa shape index (κ1) is 16.4. The molecule has 0 spiro atoms. The van der Waals surface area contributed by atoms with E-state index < -0.39 is 5.69 Å². The van der Waals surface area contributed by atoms with Gasteiger partial charge in [-0.25, -0.2) is 4.79 Å². The molecule has 1 heterocycles. The minimum Gasteiger partial charge on any atom is -0.287 e. The third-order valence-corrected chi connectivity index (χ3v) is 4.55. The molecule has 126 valence electrons. The number of hydrogen-bond donors (Lipinski definition) is 0. The van der Waals surface area contributed by atoms with Crippen LogP contribution in [0.5, 0.6) is 0 Å². The summed E-state index contributed by atoms with van der Waals surface area (Å²) >= 11 is 0. The number of aryl methyl sites for hydroxylation is 2. The molecule has 24 heavy (non-hydrogen) atoms. The third kappa shape index (κ3) is 2.64. The smallest absolute Gasteiger partial charge is 0.287 e. The number of aromatic nitrogens is 2. The van der Waals surface area contributed by atoms with Gasteiger partial charge >= 0.3 is 5.69 Å². The molecule has 0 aliphatic heterocycles. The van der Waals surface area contributed by atoms with Crippen LogP contribution in [0.2, 0.25) is 0 Å². The number of rotatable bonds is 4. The maximum atomic E-state index is 13.2. The first-order valence-electron chi connectivity index (χ1n) is 8.32. The first-order chi connectivity index (χ1) is 11.3. The largest absolute Gasteiger partial charge is 0.331 e. The summed E-state index contributed by atoms with van der Waals surface area (Å²) in [5, 5.41) is 0. The number of benzene rings is 1. The van der Waals surface area contributed by atoms with Crippen LogP contribution in [0.1, 0.15) is 58.5 Å². The van der Waals surface area contributed by atoms with Crippen molar-refractivity contribution in [1.29, 1.82) is 0 Å². The van der Waals surface area contributed by atoms with E-state index in [1.165, 1.54) is 7.05 Å². The zero-order valence-electron chi connectivity index (χ0n) is 14.5. The Bertz CT molecular complexity index is 926. The maximum Gasteiger partial charge on any atom is 0.331 e. The second-order valence-corrected chi connectivity index (χ2v) is 6.63. The fraction of sp³-hybridized carbons (Fsp3) is 0.421. The highest BCUT2D eigenvalue weighted by Crippen LogP contribution is 2.35. The summed E-state index contributed by atoms with van der Waals surface area (Å²) in [4.78, 5) is 38.3. The SMILES string of the molecule is CCc1c(C(=O)c2cc(C)cc(C)c2)n(C2CC2)c(=O)n(C)c1=O.